The van der Waals surface area contributed by atoms with Gasteiger partial charge in [-0.25, -0.2) is 4.98 Å². The largest absolute Gasteiger partial charge is 0.496 e. The second-order valence-electron chi connectivity index (χ2n) is 17.6. The molecule has 0 fully saturated rings. The summed E-state index contributed by atoms with van der Waals surface area (Å²) in [5.41, 5.74) is 10.0. The van der Waals surface area contributed by atoms with Crippen LogP contribution >= 0.6 is 188 Å². The SMILES string of the molecule is COc1ccsc1C.Cc1cc(Cl)sc1Cl.Cc1ccc(Cl)s1.Cc1cccn1C.Cc1ccsc1Cl.Cc1csc(C)c1Br.Cc1nc(C)c(C)s1.Cc1nnsc1C.Cc1noc(C)c1C.Cc1nsc(Cl)c1Cl.Cc1sccc1OC(F)F. The average Bonchev–Trinajstić information content (AvgIpc) is 4.50. The number of thiazole rings is 1. The quantitative estimate of drug-likeness (QED) is 0.172. The monoisotopic (exact) mass is 1530 g/mol. The van der Waals surface area contributed by atoms with Crippen LogP contribution in [0.1, 0.15) is 90.8 Å². The molecule has 9 nitrogen and oxygen atoms in total. The summed E-state index contributed by atoms with van der Waals surface area (Å²) in [5, 5.41) is 17.1. The Morgan fingerprint density at radius 3 is 1.36 bits per heavy atom. The molecule has 0 atom stereocenters. The van der Waals surface area contributed by atoms with Crippen molar-refractivity contribution in [2.24, 2.45) is 7.05 Å². The van der Waals surface area contributed by atoms with Crippen LogP contribution in [-0.2, 0) is 7.05 Å². The van der Waals surface area contributed by atoms with E-state index in [1.54, 1.807) is 76.1 Å². The normalized spacial score (nSPS) is 9.73. The highest BCUT2D eigenvalue weighted by Crippen LogP contribution is 2.31. The maximum Gasteiger partial charge on any atom is 0.387 e. The number of aromatic nitrogens is 6. The van der Waals surface area contributed by atoms with Crippen LogP contribution in [0.5, 0.6) is 11.5 Å². The highest BCUT2D eigenvalue weighted by Gasteiger charge is 2.07. The fourth-order valence-corrected chi connectivity index (χ4v) is 13.4. The number of halogens is 9. The molecule has 0 aliphatic heterocycles. The van der Waals surface area contributed by atoms with Gasteiger partial charge in [-0.3, -0.25) is 0 Å². The number of ether oxygens (including phenoxy) is 2. The predicted octanol–water partition coefficient (Wildman–Crippen LogP) is 25.5. The van der Waals surface area contributed by atoms with Crippen LogP contribution < -0.4 is 9.47 Å². The van der Waals surface area contributed by atoms with Crippen molar-refractivity contribution in [1.82, 2.24) is 28.7 Å². The number of methoxy groups -OCH3 is 1. The second kappa shape index (κ2) is 43.8. The van der Waals surface area contributed by atoms with Gasteiger partial charge < -0.3 is 18.6 Å². The lowest BCUT2D eigenvalue weighted by molar-refractivity contribution is -0.0499. The molecule has 11 aromatic rings. The molecule has 0 aliphatic rings. The number of thiophene rings is 6. The molecule has 0 radical (unpaired) electrons. The molecule has 0 bridgehead atoms. The molecule has 86 heavy (non-hydrogen) atoms. The number of alkyl halides is 2. The third-order valence-electron chi connectivity index (χ3n) is 10.8. The first-order chi connectivity index (χ1) is 40.3. The van der Waals surface area contributed by atoms with Crippen molar-refractivity contribution in [3.05, 3.63) is 198 Å². The van der Waals surface area contributed by atoms with E-state index in [1.165, 1.54) is 108 Å². The van der Waals surface area contributed by atoms with Crippen LogP contribution in [-0.4, -0.2) is 42.4 Å². The van der Waals surface area contributed by atoms with Gasteiger partial charge in [-0.2, -0.15) is 13.2 Å². The number of aryl methyl sites for hydroxylation is 17. The summed E-state index contributed by atoms with van der Waals surface area (Å²) < 4.78 is 52.0. The zero-order valence-corrected chi connectivity index (χ0v) is 64.5. The molecule has 0 unspecified atom stereocenters. The van der Waals surface area contributed by atoms with E-state index >= 15 is 0 Å². The van der Waals surface area contributed by atoms with Gasteiger partial charge >= 0.3 is 6.61 Å². The summed E-state index contributed by atoms with van der Waals surface area (Å²) in [7, 11) is 3.73. The third kappa shape index (κ3) is 33.3. The molecule has 11 rings (SSSR count). The molecule has 27 heteroatoms. The second-order valence-corrected chi connectivity index (χ2v) is 31.6. The van der Waals surface area contributed by atoms with Gasteiger partial charge in [0.1, 0.15) is 21.6 Å². The fraction of sp³-hybridized carbons (Fsp3) is 0.339. The Morgan fingerprint density at radius 1 is 0.581 bits per heavy atom. The van der Waals surface area contributed by atoms with E-state index < -0.39 is 6.61 Å². The van der Waals surface area contributed by atoms with Gasteiger partial charge in [-0.05, 0) is 243 Å². The zero-order chi connectivity index (χ0) is 65.4. The molecular weight excluding hydrogens is 1460 g/mol. The van der Waals surface area contributed by atoms with Crippen LogP contribution in [0.15, 0.2) is 85.2 Å². The minimum Gasteiger partial charge on any atom is -0.496 e. The molecule has 0 saturated heterocycles. The molecule has 0 aliphatic carbocycles. The van der Waals surface area contributed by atoms with Crippen molar-refractivity contribution in [2.45, 2.75) is 124 Å². The fourth-order valence-electron chi connectivity index (χ4n) is 5.23. The van der Waals surface area contributed by atoms with E-state index in [2.05, 4.69) is 88.5 Å². The number of hydrogen-bond donors (Lipinski definition) is 0. The van der Waals surface area contributed by atoms with E-state index in [-0.39, 0.29) is 5.75 Å². The first kappa shape index (κ1) is 81.2. The number of rotatable bonds is 3. The van der Waals surface area contributed by atoms with Crippen LogP contribution in [0.3, 0.4) is 0 Å². The molecular formula is C59H71BrCl6F2N6O3S9. The van der Waals surface area contributed by atoms with Crippen molar-refractivity contribution < 1.29 is 22.8 Å². The summed E-state index contributed by atoms with van der Waals surface area (Å²) in [5.74, 6) is 2.19. The smallest absolute Gasteiger partial charge is 0.387 e. The Balaban J connectivity index is 0.000000474. The van der Waals surface area contributed by atoms with Gasteiger partial charge in [0.25, 0.3) is 0 Å². The molecule has 0 saturated carbocycles. The molecule has 0 spiro atoms. The Labute approximate surface area is 581 Å². The van der Waals surface area contributed by atoms with Crippen molar-refractivity contribution in [2.75, 3.05) is 7.11 Å². The highest BCUT2D eigenvalue weighted by atomic mass is 79.9. The van der Waals surface area contributed by atoms with Gasteiger partial charge in [-0.1, -0.05) is 79.3 Å². The van der Waals surface area contributed by atoms with E-state index in [1.807, 2.05) is 143 Å². The number of nitrogens with zero attached hydrogens (tertiary/aromatic N) is 6. The van der Waals surface area contributed by atoms with Crippen LogP contribution in [0, 0.1) is 118 Å². The first-order valence-corrected chi connectivity index (χ1v) is 35.9. The summed E-state index contributed by atoms with van der Waals surface area (Å²) >= 11 is 51.0. The summed E-state index contributed by atoms with van der Waals surface area (Å²) in [4.78, 5) is 11.4. The van der Waals surface area contributed by atoms with Gasteiger partial charge in [0.05, 0.1) is 57.3 Å². The maximum absolute atomic E-state index is 11.6. The van der Waals surface area contributed by atoms with E-state index in [0.29, 0.717) is 9.36 Å². The summed E-state index contributed by atoms with van der Waals surface area (Å²) in [6.07, 6.45) is 2.04. The molecule has 0 aromatic carbocycles. The van der Waals surface area contributed by atoms with Gasteiger partial charge in [-0.15, -0.1) is 84.5 Å². The average molecular weight is 1530 g/mol. The Bertz CT molecular complexity index is 3190. The standard InChI is InChI=1S/C6H7BrS.C6H6F2OS.C6H9NO.C6H9NS.C6H9N.C6H8OS.C5H4Cl2S.2C5H5ClS.C4H3Cl2NS.C4H6N2S/c1-4-3-8-5(2)6(4)7;1-4-5(2-3-10-4)9-6(7)8;1-4-5(2)7-8-6(4)3;1-4-5(2)8-6(3)7-4;1-6-4-3-5-7(6)2;1-5-6(7-2)3-4-8-5;1-3-2-4(6)8-5(3)7;1-4-2-3-7-5(4)6;1-4-2-3-5(6)7-4;1-2-3(5)4(6)8-7-2;1-3-4(2)7-6-5-3/h3H,1-2H3;2-3,6H,1H3;2*1-3H3;3-5H,1-2H3;3-4H,1-2H3;2H,1H3;2*2-3H,1H3;1H3;1-2H3. The third-order valence-corrected chi connectivity index (χ3v) is 22.7. The van der Waals surface area contributed by atoms with Crippen molar-refractivity contribution in [1.29, 1.82) is 0 Å². The van der Waals surface area contributed by atoms with Gasteiger partial charge in [0.2, 0.25) is 0 Å². The van der Waals surface area contributed by atoms with Crippen LogP contribution in [0.25, 0.3) is 0 Å². The number of hydrogen-bond acceptors (Lipinski definition) is 17. The molecule has 11 aromatic heterocycles. The van der Waals surface area contributed by atoms with Crippen molar-refractivity contribution >= 4 is 188 Å². The summed E-state index contributed by atoms with van der Waals surface area (Å²) in [6.45, 7) is 31.2. The van der Waals surface area contributed by atoms with E-state index in [0.717, 1.165) is 61.9 Å². The predicted molar refractivity (Wildman–Crippen MR) is 383 cm³/mol. The lowest BCUT2D eigenvalue weighted by atomic mass is 10.2. The zero-order valence-electron chi connectivity index (χ0n) is 51.1. The lowest BCUT2D eigenvalue weighted by Crippen LogP contribution is -2.01. The van der Waals surface area contributed by atoms with Gasteiger partial charge in [0.15, 0.2) is 0 Å². The van der Waals surface area contributed by atoms with Crippen LogP contribution in [0.2, 0.25) is 26.7 Å². The first-order valence-electron chi connectivity index (χ1n) is 25.3. The topological polar surface area (TPSA) is 101 Å². The Morgan fingerprint density at radius 2 is 1.20 bits per heavy atom. The van der Waals surface area contributed by atoms with Crippen molar-refractivity contribution in [3.8, 4) is 11.5 Å². The Kier molecular flexibility index (Phi) is 41.4. The van der Waals surface area contributed by atoms with Crippen molar-refractivity contribution in [3.63, 3.8) is 0 Å². The molecule has 0 N–H and O–H groups in total. The van der Waals surface area contributed by atoms with Crippen LogP contribution in [0.4, 0.5) is 8.78 Å². The minimum absolute atomic E-state index is 0.278. The van der Waals surface area contributed by atoms with Gasteiger partial charge in [0, 0.05) is 58.2 Å². The highest BCUT2D eigenvalue weighted by molar-refractivity contribution is 9.10. The summed E-state index contributed by atoms with van der Waals surface area (Å²) in [6, 6.07) is 15.4. The lowest BCUT2D eigenvalue weighted by Gasteiger charge is -2.00. The minimum atomic E-state index is -2.71. The maximum atomic E-state index is 11.6. The molecule has 472 valence electrons. The molecule has 0 amide bonds. The van der Waals surface area contributed by atoms with E-state index in [9.17, 15) is 8.78 Å². The molecule has 11 heterocycles. The Hall–Kier alpha value is -2.81. The van der Waals surface area contributed by atoms with E-state index in [4.69, 9.17) is 78.9 Å².